The van der Waals surface area contributed by atoms with Crippen molar-refractivity contribution in [3.8, 4) is 0 Å². The molecule has 0 amide bonds. The summed E-state index contributed by atoms with van der Waals surface area (Å²) in [6.45, 7) is 0. The molecule has 1 saturated carbocycles. The summed E-state index contributed by atoms with van der Waals surface area (Å²) in [7, 11) is 1.40. The average Bonchev–Trinajstić information content (AvgIpc) is 3.02. The predicted molar refractivity (Wildman–Crippen MR) is 78.5 cm³/mol. The predicted octanol–water partition coefficient (Wildman–Crippen LogP) is 4.37. The van der Waals surface area contributed by atoms with Crippen LogP contribution in [0.25, 0.3) is 10.9 Å². The first-order chi connectivity index (χ1) is 9.20. The molecule has 0 aliphatic heterocycles. The van der Waals surface area contributed by atoms with Crippen molar-refractivity contribution in [2.24, 2.45) is 0 Å². The summed E-state index contributed by atoms with van der Waals surface area (Å²) in [4.78, 5) is 14.9. The molecule has 0 atom stereocenters. The molecule has 0 bridgehead atoms. The van der Waals surface area contributed by atoms with Crippen LogP contribution in [0.3, 0.4) is 0 Å². The lowest BCUT2D eigenvalue weighted by Gasteiger charge is -2.08. The fraction of sp³-hybridized carbons (Fsp3) is 0.400. The fourth-order valence-corrected chi connectivity index (χ4v) is 3.80. The van der Waals surface area contributed by atoms with Gasteiger partial charge in [0.05, 0.1) is 17.3 Å². The zero-order valence-corrected chi connectivity index (χ0v) is 12.4. The summed E-state index contributed by atoms with van der Waals surface area (Å²) < 4.78 is 5.81. The topological polar surface area (TPSA) is 42.1 Å². The molecular weight excluding hydrogens is 306 g/mol. The third kappa shape index (κ3) is 2.18. The number of H-pyrrole nitrogens is 1. The highest BCUT2D eigenvalue weighted by atomic mass is 79.9. The van der Waals surface area contributed by atoms with Crippen molar-refractivity contribution in [1.29, 1.82) is 0 Å². The number of ether oxygens (including phenoxy) is 1. The molecule has 1 aromatic carbocycles. The zero-order chi connectivity index (χ0) is 13.4. The minimum absolute atomic E-state index is 0.296. The number of aromatic nitrogens is 1. The number of fused-ring (bicyclic) bond motifs is 1. The summed E-state index contributed by atoms with van der Waals surface area (Å²) in [5, 5.41) is 1.21. The highest BCUT2D eigenvalue weighted by Crippen LogP contribution is 2.41. The minimum Gasteiger partial charge on any atom is -0.465 e. The van der Waals surface area contributed by atoms with Gasteiger partial charge in [0.1, 0.15) is 0 Å². The molecule has 19 heavy (non-hydrogen) atoms. The van der Waals surface area contributed by atoms with Crippen LogP contribution in [0.4, 0.5) is 0 Å². The fourth-order valence-electron chi connectivity index (χ4n) is 3.04. The molecule has 1 N–H and O–H groups in total. The van der Waals surface area contributed by atoms with Gasteiger partial charge in [-0.25, -0.2) is 4.79 Å². The Morgan fingerprint density at radius 1 is 1.37 bits per heavy atom. The molecule has 4 heteroatoms. The van der Waals surface area contributed by atoms with Crippen LogP contribution in [0, 0.1) is 0 Å². The maximum absolute atomic E-state index is 11.6. The molecule has 3 rings (SSSR count). The van der Waals surface area contributed by atoms with Crippen molar-refractivity contribution in [1.82, 2.24) is 4.98 Å². The minimum atomic E-state index is -0.296. The Kier molecular flexibility index (Phi) is 3.35. The van der Waals surface area contributed by atoms with E-state index in [1.807, 2.05) is 18.2 Å². The van der Waals surface area contributed by atoms with E-state index < -0.39 is 0 Å². The molecule has 0 radical (unpaired) electrons. The van der Waals surface area contributed by atoms with Gasteiger partial charge >= 0.3 is 5.97 Å². The van der Waals surface area contributed by atoms with E-state index in [-0.39, 0.29) is 5.97 Å². The number of benzene rings is 1. The van der Waals surface area contributed by atoms with E-state index in [1.165, 1.54) is 43.7 Å². The second kappa shape index (κ2) is 5.00. The maximum Gasteiger partial charge on any atom is 0.337 e. The van der Waals surface area contributed by atoms with Crippen LogP contribution in [0.2, 0.25) is 0 Å². The zero-order valence-electron chi connectivity index (χ0n) is 10.8. The van der Waals surface area contributed by atoms with Crippen LogP contribution in [-0.2, 0) is 4.74 Å². The van der Waals surface area contributed by atoms with Crippen molar-refractivity contribution in [2.45, 2.75) is 31.6 Å². The molecular formula is C15H16BrNO2. The average molecular weight is 322 g/mol. The Balaban J connectivity index is 2.09. The molecule has 0 unspecified atom stereocenters. The Hall–Kier alpha value is -1.29. The Morgan fingerprint density at radius 3 is 2.79 bits per heavy atom. The Bertz CT molecular complexity index is 626. The van der Waals surface area contributed by atoms with E-state index in [2.05, 4.69) is 20.9 Å². The van der Waals surface area contributed by atoms with E-state index >= 15 is 0 Å². The van der Waals surface area contributed by atoms with E-state index in [1.54, 1.807) is 0 Å². The third-order valence-electron chi connectivity index (χ3n) is 3.98. The van der Waals surface area contributed by atoms with Gasteiger partial charge in [-0.2, -0.15) is 0 Å². The first-order valence-electron chi connectivity index (χ1n) is 6.60. The number of halogens is 1. The number of carbonyl (C=O) groups is 1. The van der Waals surface area contributed by atoms with Crippen molar-refractivity contribution in [3.63, 3.8) is 0 Å². The number of aromatic amines is 1. The highest BCUT2D eigenvalue weighted by Gasteiger charge is 2.23. The van der Waals surface area contributed by atoms with Gasteiger partial charge in [-0.1, -0.05) is 18.9 Å². The van der Waals surface area contributed by atoms with Gasteiger partial charge in [-0.05, 0) is 52.4 Å². The summed E-state index contributed by atoms with van der Waals surface area (Å²) in [5.74, 6) is 0.335. The van der Waals surface area contributed by atoms with Crippen molar-refractivity contribution < 1.29 is 9.53 Å². The smallest absolute Gasteiger partial charge is 0.337 e. The molecule has 1 aromatic heterocycles. The monoisotopic (exact) mass is 321 g/mol. The molecule has 0 spiro atoms. The van der Waals surface area contributed by atoms with Crippen molar-refractivity contribution in [2.75, 3.05) is 7.11 Å². The summed E-state index contributed by atoms with van der Waals surface area (Å²) in [6.07, 6.45) is 5.13. The van der Waals surface area contributed by atoms with E-state index in [4.69, 9.17) is 4.74 Å². The molecule has 1 fully saturated rings. The van der Waals surface area contributed by atoms with E-state index in [9.17, 15) is 4.79 Å². The molecule has 0 saturated heterocycles. The third-order valence-corrected chi connectivity index (χ3v) is 4.60. The molecule has 1 aliphatic carbocycles. The summed E-state index contributed by atoms with van der Waals surface area (Å²) in [6, 6.07) is 5.73. The van der Waals surface area contributed by atoms with Gasteiger partial charge in [-0.15, -0.1) is 0 Å². The van der Waals surface area contributed by atoms with Gasteiger partial charge in [0.25, 0.3) is 0 Å². The SMILES string of the molecule is COC(=O)c1ccc2c(C3CCCC3)c(Br)[nH]c2c1. The lowest BCUT2D eigenvalue weighted by molar-refractivity contribution is 0.0601. The van der Waals surface area contributed by atoms with Gasteiger partial charge in [0, 0.05) is 10.9 Å². The second-order valence-electron chi connectivity index (χ2n) is 5.09. The van der Waals surface area contributed by atoms with Crippen LogP contribution in [0.5, 0.6) is 0 Å². The van der Waals surface area contributed by atoms with Gasteiger partial charge < -0.3 is 9.72 Å². The molecule has 100 valence electrons. The Labute approximate surface area is 120 Å². The molecule has 3 nitrogen and oxygen atoms in total. The maximum atomic E-state index is 11.6. The largest absolute Gasteiger partial charge is 0.465 e. The van der Waals surface area contributed by atoms with Crippen molar-refractivity contribution >= 4 is 32.8 Å². The van der Waals surface area contributed by atoms with Crippen LogP contribution in [0.1, 0.15) is 47.5 Å². The van der Waals surface area contributed by atoms with Crippen LogP contribution in [0.15, 0.2) is 22.8 Å². The molecule has 2 aromatic rings. The van der Waals surface area contributed by atoms with E-state index in [0.717, 1.165) is 10.1 Å². The van der Waals surface area contributed by atoms with Gasteiger partial charge in [-0.3, -0.25) is 0 Å². The van der Waals surface area contributed by atoms with Crippen LogP contribution >= 0.6 is 15.9 Å². The highest BCUT2D eigenvalue weighted by molar-refractivity contribution is 9.10. The number of hydrogen-bond donors (Lipinski definition) is 1. The Morgan fingerprint density at radius 2 is 2.11 bits per heavy atom. The first-order valence-corrected chi connectivity index (χ1v) is 7.39. The molecule has 1 aliphatic rings. The van der Waals surface area contributed by atoms with Crippen molar-refractivity contribution in [3.05, 3.63) is 33.9 Å². The number of carbonyl (C=O) groups excluding carboxylic acids is 1. The number of nitrogens with one attached hydrogen (secondary N) is 1. The number of methoxy groups -OCH3 is 1. The van der Waals surface area contributed by atoms with Gasteiger partial charge in [0.2, 0.25) is 0 Å². The quantitative estimate of drug-likeness (QED) is 0.834. The lowest BCUT2D eigenvalue weighted by Crippen LogP contribution is -2.00. The normalized spacial score (nSPS) is 16.1. The number of esters is 1. The second-order valence-corrected chi connectivity index (χ2v) is 5.88. The van der Waals surface area contributed by atoms with Gasteiger partial charge in [0.15, 0.2) is 0 Å². The lowest BCUT2D eigenvalue weighted by atomic mass is 9.97. The summed E-state index contributed by atoms with van der Waals surface area (Å²) >= 11 is 3.63. The number of rotatable bonds is 2. The van der Waals surface area contributed by atoms with E-state index in [0.29, 0.717) is 11.5 Å². The number of hydrogen-bond acceptors (Lipinski definition) is 2. The molecule has 1 heterocycles. The first kappa shape index (κ1) is 12.7. The van der Waals surface area contributed by atoms with Crippen LogP contribution in [-0.4, -0.2) is 18.1 Å². The standard InChI is InChI=1S/C15H16BrNO2/c1-19-15(18)10-6-7-11-12(8-10)17-14(16)13(11)9-4-2-3-5-9/h6-9,17H,2-5H2,1H3. The summed E-state index contributed by atoms with van der Waals surface area (Å²) in [5.41, 5.74) is 2.95. The van der Waals surface area contributed by atoms with Crippen LogP contribution < -0.4 is 0 Å².